The van der Waals surface area contributed by atoms with Gasteiger partial charge >= 0.3 is 53.8 Å². The lowest BCUT2D eigenvalue weighted by atomic mass is 10.0. The number of unbranched alkanes of at least 4 members (excludes halogenated alkanes) is 3. The fourth-order valence-electron chi connectivity index (χ4n) is 13.7. The van der Waals surface area contributed by atoms with E-state index < -0.39 is 115 Å². The summed E-state index contributed by atoms with van der Waals surface area (Å²) in [5.74, 6) is -9.50. The van der Waals surface area contributed by atoms with Gasteiger partial charge in [-0.2, -0.15) is 5.11 Å². The fraction of sp³-hybridized carbons (Fsp3) is 0.630. The Morgan fingerprint density at radius 1 is 0.408 bits per heavy atom. The molecule has 0 radical (unpaired) electrons. The van der Waals surface area contributed by atoms with Gasteiger partial charge in [0, 0.05) is 131 Å². The highest BCUT2D eigenvalue weighted by Gasteiger charge is 2.30. The van der Waals surface area contributed by atoms with E-state index in [4.69, 9.17) is 75.0 Å². The second kappa shape index (κ2) is 78.8. The van der Waals surface area contributed by atoms with Crippen LogP contribution in [0.2, 0.25) is 0 Å². The van der Waals surface area contributed by atoms with Crippen molar-refractivity contribution in [2.45, 2.75) is 120 Å². The molecule has 796 valence electrons. The molecule has 1 aliphatic rings. The number of carboxylic acids is 7. The minimum absolute atomic E-state index is 0.00619. The van der Waals surface area contributed by atoms with E-state index in [2.05, 4.69) is 93.0 Å². The van der Waals surface area contributed by atoms with Crippen molar-refractivity contribution in [1.82, 2.24) is 67.5 Å². The number of benzene rings is 3. The molecule has 0 bridgehead atoms. The van der Waals surface area contributed by atoms with E-state index in [-0.39, 0.29) is 201 Å². The number of carbonyl (C=O) groups excluding carboxylic acids is 6. The van der Waals surface area contributed by atoms with Gasteiger partial charge in [-0.05, 0) is 159 Å². The fourth-order valence-corrected chi connectivity index (χ4v) is 14.3. The molecule has 4 atom stereocenters. The molecule has 0 saturated carbocycles. The highest BCUT2D eigenvalue weighted by Crippen LogP contribution is 2.21. The minimum atomic E-state index is -1.30. The third-order valence-electron chi connectivity index (χ3n) is 21.0. The molecule has 19 N–H and O–H groups in total. The van der Waals surface area contributed by atoms with Gasteiger partial charge in [0.05, 0.1) is 172 Å². The maximum atomic E-state index is 13.7. The lowest BCUT2D eigenvalue weighted by Gasteiger charge is -2.37. The van der Waals surface area contributed by atoms with Crippen LogP contribution in [0.3, 0.4) is 0 Å². The van der Waals surface area contributed by atoms with Crippen molar-refractivity contribution in [2.24, 2.45) is 5.11 Å². The number of carboxylic acid groups (broad SMARTS) is 7. The first kappa shape index (κ1) is 124. The number of anilines is 2. The van der Waals surface area contributed by atoms with Crippen molar-refractivity contribution in [3.8, 4) is 0 Å². The molecule has 1 unspecified atom stereocenters. The van der Waals surface area contributed by atoms with Gasteiger partial charge in [0.1, 0.15) is 30.4 Å². The zero-order chi connectivity index (χ0) is 103. The first-order valence-electron chi connectivity index (χ1n) is 47.4. The van der Waals surface area contributed by atoms with E-state index in [0.29, 0.717) is 153 Å². The zero-order valence-electron chi connectivity index (χ0n) is 80.4. The Morgan fingerprint density at radius 2 is 0.845 bits per heavy atom. The summed E-state index contributed by atoms with van der Waals surface area (Å²) in [5, 5.41) is 101. The quantitative estimate of drug-likeness (QED) is 0.0167. The number of aliphatic carboxylic acids is 7. The van der Waals surface area contributed by atoms with Gasteiger partial charge in [0.15, 0.2) is 5.11 Å². The van der Waals surface area contributed by atoms with Crippen molar-refractivity contribution < 1.29 is 150 Å². The van der Waals surface area contributed by atoms with Gasteiger partial charge < -0.3 is 146 Å². The van der Waals surface area contributed by atoms with Gasteiger partial charge in [-0.1, -0.05) is 36.4 Å². The molecule has 50 heteroatoms. The van der Waals surface area contributed by atoms with E-state index in [1.807, 2.05) is 29.6 Å². The number of carbonyl (C=O) groups is 13. The molecule has 1 heterocycles. The van der Waals surface area contributed by atoms with Crippen molar-refractivity contribution in [1.29, 1.82) is 5.53 Å². The van der Waals surface area contributed by atoms with Crippen LogP contribution in [0.4, 0.5) is 21.0 Å². The number of nitrogens with one attached hydrogen (secondary N) is 12. The van der Waals surface area contributed by atoms with Crippen LogP contribution in [0.1, 0.15) is 100 Å². The Balaban J connectivity index is 1.11. The number of halogens is 1. The third-order valence-corrected chi connectivity index (χ3v) is 21.9. The molecule has 1 saturated heterocycles. The summed E-state index contributed by atoms with van der Waals surface area (Å²) in [5.41, 5.74) is 11.5. The van der Waals surface area contributed by atoms with Gasteiger partial charge in [-0.15, -0.1) is 0 Å². The number of hydrogen-bond acceptors (Lipinski definition) is 32. The molecule has 1 aliphatic heterocycles. The highest BCUT2D eigenvalue weighted by atomic mass is 127. The monoisotopic (exact) mass is 2140 g/mol. The van der Waals surface area contributed by atoms with Crippen LogP contribution >= 0.6 is 34.8 Å². The Bertz CT molecular complexity index is 4220. The van der Waals surface area contributed by atoms with Gasteiger partial charge in [-0.25, -0.2) is 24.7 Å². The summed E-state index contributed by atoms with van der Waals surface area (Å²) in [6.45, 7) is 6.17. The number of nitrogens with zero attached hydrogens (tertiary/aromatic N) is 5. The van der Waals surface area contributed by atoms with E-state index in [0.717, 1.165) is 22.0 Å². The predicted molar refractivity (Wildman–Crippen MR) is 529 cm³/mol. The largest absolute Gasteiger partial charge is 0.480 e. The first-order valence-corrected chi connectivity index (χ1v) is 48.9. The number of aryl methyl sites for hydroxylation is 1. The number of ether oxygens (including phenoxy) is 11. The molecule has 0 aromatic heterocycles. The van der Waals surface area contributed by atoms with Crippen LogP contribution in [-0.4, -0.2) is 419 Å². The van der Waals surface area contributed by atoms with Crippen LogP contribution in [0.5, 0.6) is 0 Å². The van der Waals surface area contributed by atoms with Crippen LogP contribution in [-0.2, 0) is 118 Å². The van der Waals surface area contributed by atoms with E-state index in [1.165, 1.54) is 11.8 Å². The lowest BCUT2D eigenvalue weighted by molar-refractivity contribution is -0.142. The first-order chi connectivity index (χ1) is 68.5. The molecule has 3 aromatic rings. The zero-order valence-corrected chi connectivity index (χ0v) is 83.4. The molecule has 8 amide bonds. The topological polar surface area (TPSA) is 647 Å². The molecule has 0 aliphatic carbocycles. The molecule has 0 spiro atoms. The van der Waals surface area contributed by atoms with Gasteiger partial charge in [0.25, 0.3) is 0 Å². The van der Waals surface area contributed by atoms with E-state index in [1.54, 1.807) is 56.0 Å². The summed E-state index contributed by atoms with van der Waals surface area (Å²) in [4.78, 5) is 165. The molecule has 48 nitrogen and oxygen atoms in total. The maximum absolute atomic E-state index is 13.7. The number of rotatable bonds is 81. The Labute approximate surface area is 845 Å². The van der Waals surface area contributed by atoms with E-state index in [9.17, 15) is 93.0 Å². The lowest BCUT2D eigenvalue weighted by Crippen LogP contribution is -2.53. The summed E-state index contributed by atoms with van der Waals surface area (Å²) in [6, 6.07) is 16.8. The number of hydrogen-bond donors (Lipinski definition) is 19. The predicted octanol–water partition coefficient (Wildman–Crippen LogP) is 2.41. The summed E-state index contributed by atoms with van der Waals surface area (Å²) < 4.78 is 62.7. The Hall–Kier alpha value is -10.7. The number of urea groups is 2. The number of amides is 8. The molecule has 3 aromatic carbocycles. The molecule has 4 rings (SSSR count). The standard InChI is InChI=1S/C92H144IN17O31S/c93-71-20-16-68(17-21-71)9-7-15-79(111)96-26-4-2-13-76(88(125)126)104-81(113)25-38-132-42-46-136-49-51-138-53-55-140-57-58-141-56-54-139-52-50-137-48-44-134-40-30-97-87(124)75(12-1-6-28-99-92(142)102-72-22-18-69(19-23-72)59-74-63-109(66-85(120)121)34-33-107(64-83(116)117)31-32-108(65-84(118)119)35-36-110(74)67-86(122)123)103-80(112)24-37-131-41-45-135-47-43-133-39-29-95-61-78(106-94)70-10-8-11-73(60-70)101-90(129)98-27-5-3-14-77(89(127)128)105-91(130)100-62-82(114)115/h8,10-11,16-23,60-61,74-77,94-95H,1-7,9,12-15,24-59,62-67H2,(H,96,111)(H,97,124)(H,103,112)(H,104,113)(H,114,115)(H,116,117)(H,118,119)(H,120,121)(H,122,123)(H,125,126)(H,127,128)(H2,98,101,129)(H2,99,102,142)(H2,100,105,130)/b78-61-,106-94?/t74?,75-,76-,77-/m0/s1. The van der Waals surface area contributed by atoms with Crippen LogP contribution in [0.15, 0.2) is 84.1 Å². The van der Waals surface area contributed by atoms with Crippen LogP contribution < -0.4 is 58.5 Å². The molecular formula is C92H144IN17O31S. The smallest absolute Gasteiger partial charge is 0.326 e. The second-order valence-electron chi connectivity index (χ2n) is 32.4. The maximum Gasteiger partial charge on any atom is 0.326 e. The minimum Gasteiger partial charge on any atom is -0.480 e. The highest BCUT2D eigenvalue weighted by molar-refractivity contribution is 14.1. The molecule has 142 heavy (non-hydrogen) atoms. The van der Waals surface area contributed by atoms with Crippen molar-refractivity contribution in [3.05, 3.63) is 99.3 Å². The SMILES string of the molecule is N=N/C(=C\NCCOCCOCCOCCC(=O)N[C@@H](CCCCNC(=S)Nc1ccc(CC2CN(CC(=O)O)CCN(CC(=O)O)CCN(CC(=O)O)CCN2CC(=O)O)cc1)C(=O)NCCOCCOCCOCCOCCOCCOCCOCCOCCC(=O)N[C@@H](CCCCNC(=O)CCCc1ccc(I)cc1)C(=O)O)c1cccc(NC(=O)NCCCC[C@H](NC(=O)NCC(=O)O)C(=O)O)c1. The van der Waals surface area contributed by atoms with E-state index >= 15 is 0 Å². The Morgan fingerprint density at radius 3 is 1.34 bits per heavy atom. The molecular weight excluding hydrogens is 2000 g/mol. The van der Waals surface area contributed by atoms with Gasteiger partial charge in [0.2, 0.25) is 23.6 Å². The summed E-state index contributed by atoms with van der Waals surface area (Å²) in [6.07, 6.45) is 7.03. The third kappa shape index (κ3) is 64.8. The summed E-state index contributed by atoms with van der Waals surface area (Å²) in [7, 11) is 0. The normalized spacial score (nSPS) is 14.1. The average Bonchev–Trinajstić information content (AvgIpc) is 0.808. The van der Waals surface area contributed by atoms with Gasteiger partial charge in [-0.3, -0.25) is 62.8 Å². The molecule has 1 fully saturated rings. The number of thiocarbonyl (C=S) groups is 1. The van der Waals surface area contributed by atoms with Crippen LogP contribution in [0.25, 0.3) is 5.70 Å². The average molecular weight is 2140 g/mol. The second-order valence-corrected chi connectivity index (χ2v) is 34.0. The van der Waals surface area contributed by atoms with Crippen molar-refractivity contribution >= 4 is 134 Å². The summed E-state index contributed by atoms with van der Waals surface area (Å²) >= 11 is 7.88. The van der Waals surface area contributed by atoms with Crippen molar-refractivity contribution in [3.63, 3.8) is 0 Å². The van der Waals surface area contributed by atoms with Crippen LogP contribution in [0, 0.1) is 9.10 Å². The van der Waals surface area contributed by atoms with Crippen molar-refractivity contribution in [2.75, 3.05) is 267 Å². The Kier molecular flexibility index (Phi) is 68.6.